The minimum absolute atomic E-state index is 0. The average Bonchev–Trinajstić information content (AvgIpc) is 2.95. The number of guanidine groups is 1. The van der Waals surface area contributed by atoms with Gasteiger partial charge in [-0.25, -0.2) is 9.78 Å². The summed E-state index contributed by atoms with van der Waals surface area (Å²) in [5.74, 6) is 1.20. The predicted octanol–water partition coefficient (Wildman–Crippen LogP) is 4.30. The highest BCUT2D eigenvalue weighted by Gasteiger charge is 2.19. The van der Waals surface area contributed by atoms with Crippen LogP contribution in [-0.2, 0) is 4.74 Å². The van der Waals surface area contributed by atoms with Crippen molar-refractivity contribution in [1.82, 2.24) is 15.6 Å². The van der Waals surface area contributed by atoms with E-state index in [2.05, 4.69) is 34.5 Å². The van der Waals surface area contributed by atoms with E-state index >= 15 is 0 Å². The lowest BCUT2D eigenvalue weighted by Gasteiger charge is -2.16. The molecular formula is C18H33IN4O2S. The first-order chi connectivity index (χ1) is 11.9. The second kappa shape index (κ2) is 13.3. The predicted molar refractivity (Wildman–Crippen MR) is 120 cm³/mol. The van der Waals surface area contributed by atoms with Gasteiger partial charge in [-0.3, -0.25) is 4.99 Å². The van der Waals surface area contributed by atoms with Gasteiger partial charge in [-0.05, 0) is 33.1 Å². The number of aliphatic imine (C=N–C) groups is 1. The zero-order valence-corrected chi connectivity index (χ0v) is 19.9. The molecule has 0 aliphatic heterocycles. The number of thiazole rings is 1. The number of nitrogens with zero attached hydrogens (tertiary/aromatic N) is 2. The number of ether oxygens (including phenoxy) is 1. The second-order valence-electron chi connectivity index (χ2n) is 6.44. The van der Waals surface area contributed by atoms with Crippen molar-refractivity contribution < 1.29 is 9.53 Å². The minimum atomic E-state index is -0.302. The van der Waals surface area contributed by atoms with Crippen molar-refractivity contribution in [1.29, 1.82) is 0 Å². The number of unbranched alkanes of at least 4 members (excludes halogenated alkanes) is 1. The van der Waals surface area contributed by atoms with E-state index in [1.807, 2.05) is 13.8 Å². The van der Waals surface area contributed by atoms with Gasteiger partial charge < -0.3 is 15.4 Å². The molecule has 2 N–H and O–H groups in total. The molecule has 6 nitrogen and oxygen atoms in total. The highest BCUT2D eigenvalue weighted by molar-refractivity contribution is 14.0. The third-order valence-electron chi connectivity index (χ3n) is 3.72. The van der Waals surface area contributed by atoms with E-state index < -0.39 is 0 Å². The van der Waals surface area contributed by atoms with Crippen LogP contribution in [0.5, 0.6) is 0 Å². The standard InChI is InChI=1S/C18H32N4O2S.HI/c1-7-24-17(23)15-13(4)21-16(25-15)14(5)22-18(19-6)20-11-9-8-10-12(2)3;/h12,14H,7-11H2,1-6H3,(H2,19,20,22);1H. The molecule has 0 radical (unpaired) electrons. The van der Waals surface area contributed by atoms with Gasteiger partial charge in [0.05, 0.1) is 18.3 Å². The Hall–Kier alpha value is -0.900. The number of esters is 1. The van der Waals surface area contributed by atoms with Crippen molar-refractivity contribution in [2.24, 2.45) is 10.9 Å². The number of carbonyl (C=O) groups is 1. The van der Waals surface area contributed by atoms with Gasteiger partial charge in [0, 0.05) is 13.6 Å². The summed E-state index contributed by atoms with van der Waals surface area (Å²) in [7, 11) is 1.76. The lowest BCUT2D eigenvalue weighted by molar-refractivity contribution is 0.0531. The number of hydrogen-bond donors (Lipinski definition) is 2. The number of hydrogen-bond acceptors (Lipinski definition) is 5. The second-order valence-corrected chi connectivity index (χ2v) is 7.47. The van der Waals surface area contributed by atoms with E-state index in [-0.39, 0.29) is 36.0 Å². The van der Waals surface area contributed by atoms with Gasteiger partial charge in [0.1, 0.15) is 9.88 Å². The van der Waals surface area contributed by atoms with Crippen LogP contribution < -0.4 is 10.6 Å². The summed E-state index contributed by atoms with van der Waals surface area (Å²) >= 11 is 1.37. The molecule has 0 aliphatic rings. The Morgan fingerprint density at radius 1 is 1.31 bits per heavy atom. The molecule has 1 rings (SSSR count). The molecule has 0 saturated carbocycles. The van der Waals surface area contributed by atoms with Crippen LogP contribution >= 0.6 is 35.3 Å². The zero-order chi connectivity index (χ0) is 18.8. The molecule has 0 aliphatic carbocycles. The molecule has 0 spiro atoms. The average molecular weight is 496 g/mol. The number of aryl methyl sites for hydroxylation is 1. The smallest absolute Gasteiger partial charge is 0.350 e. The summed E-state index contributed by atoms with van der Waals surface area (Å²) in [5.41, 5.74) is 0.712. The van der Waals surface area contributed by atoms with Crippen LogP contribution in [0.3, 0.4) is 0 Å². The molecule has 150 valence electrons. The Morgan fingerprint density at radius 3 is 2.58 bits per heavy atom. The molecule has 0 aromatic carbocycles. The van der Waals surface area contributed by atoms with Crippen molar-refractivity contribution in [3.8, 4) is 0 Å². The fourth-order valence-corrected chi connectivity index (χ4v) is 3.30. The Labute approximate surface area is 178 Å². The number of carbonyl (C=O) groups excluding carboxylic acids is 1. The number of halogens is 1. The topological polar surface area (TPSA) is 75.6 Å². The molecule has 0 fully saturated rings. The first-order valence-electron chi connectivity index (χ1n) is 9.00. The Morgan fingerprint density at radius 2 is 2.00 bits per heavy atom. The van der Waals surface area contributed by atoms with E-state index in [9.17, 15) is 4.79 Å². The van der Waals surface area contributed by atoms with Crippen LogP contribution in [0.25, 0.3) is 0 Å². The lowest BCUT2D eigenvalue weighted by Crippen LogP contribution is -2.39. The number of rotatable bonds is 9. The Bertz CT molecular complexity index is 576. The van der Waals surface area contributed by atoms with E-state index in [0.29, 0.717) is 17.2 Å². The third kappa shape index (κ3) is 8.66. The Balaban J connectivity index is 0.00000625. The minimum Gasteiger partial charge on any atom is -0.462 e. The van der Waals surface area contributed by atoms with Crippen LogP contribution in [0.1, 0.15) is 73.4 Å². The maximum absolute atomic E-state index is 11.9. The molecule has 1 unspecified atom stereocenters. The molecule has 8 heteroatoms. The van der Waals surface area contributed by atoms with Gasteiger partial charge in [-0.2, -0.15) is 0 Å². The summed E-state index contributed by atoms with van der Waals surface area (Å²) in [6.45, 7) is 11.4. The molecule has 1 aromatic heterocycles. The van der Waals surface area contributed by atoms with Crippen LogP contribution in [0.2, 0.25) is 0 Å². The van der Waals surface area contributed by atoms with Gasteiger partial charge in [-0.1, -0.05) is 26.7 Å². The van der Waals surface area contributed by atoms with Crippen molar-refractivity contribution in [2.75, 3.05) is 20.2 Å². The first kappa shape index (κ1) is 25.1. The van der Waals surface area contributed by atoms with Gasteiger partial charge >= 0.3 is 5.97 Å². The lowest BCUT2D eigenvalue weighted by atomic mass is 10.1. The summed E-state index contributed by atoms with van der Waals surface area (Å²) in [4.78, 5) is 21.3. The summed E-state index contributed by atoms with van der Waals surface area (Å²) in [5, 5.41) is 7.51. The van der Waals surface area contributed by atoms with Crippen LogP contribution in [0.15, 0.2) is 4.99 Å². The zero-order valence-electron chi connectivity index (χ0n) is 16.7. The van der Waals surface area contributed by atoms with E-state index in [1.165, 1.54) is 24.2 Å². The van der Waals surface area contributed by atoms with Gasteiger partial charge in [0.25, 0.3) is 0 Å². The summed E-state index contributed by atoms with van der Waals surface area (Å²) in [6, 6.07) is -0.0336. The summed E-state index contributed by atoms with van der Waals surface area (Å²) < 4.78 is 5.07. The highest BCUT2D eigenvalue weighted by atomic mass is 127. The fraction of sp³-hybridized carbons (Fsp3) is 0.722. The molecule has 26 heavy (non-hydrogen) atoms. The van der Waals surface area contributed by atoms with Gasteiger partial charge in [0.2, 0.25) is 0 Å². The maximum Gasteiger partial charge on any atom is 0.350 e. The molecule has 0 bridgehead atoms. The number of nitrogens with one attached hydrogen (secondary N) is 2. The molecule has 1 atom stereocenters. The molecular weight excluding hydrogens is 463 g/mol. The third-order valence-corrected chi connectivity index (χ3v) is 5.04. The SMILES string of the molecule is CCOC(=O)c1sc(C(C)NC(=NC)NCCCCC(C)C)nc1C.I. The molecule has 0 saturated heterocycles. The van der Waals surface area contributed by atoms with E-state index in [4.69, 9.17) is 4.74 Å². The molecule has 1 heterocycles. The van der Waals surface area contributed by atoms with Crippen LogP contribution in [-0.4, -0.2) is 37.1 Å². The van der Waals surface area contributed by atoms with Gasteiger partial charge in [-0.15, -0.1) is 35.3 Å². The van der Waals surface area contributed by atoms with Crippen molar-refractivity contribution in [2.45, 2.75) is 59.9 Å². The molecule has 0 amide bonds. The van der Waals surface area contributed by atoms with Crippen LogP contribution in [0.4, 0.5) is 0 Å². The summed E-state index contributed by atoms with van der Waals surface area (Å²) in [6.07, 6.45) is 3.58. The maximum atomic E-state index is 11.9. The van der Waals surface area contributed by atoms with Crippen LogP contribution in [0, 0.1) is 12.8 Å². The van der Waals surface area contributed by atoms with E-state index in [0.717, 1.165) is 29.9 Å². The fourth-order valence-electron chi connectivity index (χ4n) is 2.33. The van der Waals surface area contributed by atoms with Crippen molar-refractivity contribution in [3.63, 3.8) is 0 Å². The van der Waals surface area contributed by atoms with Crippen molar-refractivity contribution in [3.05, 3.63) is 15.6 Å². The first-order valence-corrected chi connectivity index (χ1v) is 9.82. The normalized spacial score (nSPS) is 12.5. The quantitative estimate of drug-likeness (QED) is 0.175. The highest BCUT2D eigenvalue weighted by Crippen LogP contribution is 2.24. The van der Waals surface area contributed by atoms with Crippen molar-refractivity contribution >= 4 is 47.2 Å². The number of aromatic nitrogens is 1. The van der Waals surface area contributed by atoms with E-state index in [1.54, 1.807) is 14.0 Å². The monoisotopic (exact) mass is 496 g/mol. The van der Waals surface area contributed by atoms with Gasteiger partial charge in [0.15, 0.2) is 5.96 Å². The Kier molecular flexibility index (Phi) is 12.8. The molecule has 1 aromatic rings. The largest absolute Gasteiger partial charge is 0.462 e.